The van der Waals surface area contributed by atoms with Crippen molar-refractivity contribution < 1.29 is 64.0 Å². The number of Topliss-reactive ketones (excluding diaryl/α,β-unsaturated/α-hetero) is 1. The predicted molar refractivity (Wildman–Crippen MR) is 145 cm³/mol. The molecule has 3 aliphatic rings. The molecule has 5 rings (SSSR count). The van der Waals surface area contributed by atoms with Gasteiger partial charge in [-0.25, -0.2) is 0 Å². The summed E-state index contributed by atoms with van der Waals surface area (Å²) in [4.78, 5) is 48.7. The van der Waals surface area contributed by atoms with Gasteiger partial charge in [0.15, 0.2) is 17.9 Å². The molecule has 14 heteroatoms. The maximum atomic E-state index is 13.6. The minimum Gasteiger partial charge on any atom is -0.507 e. The Labute approximate surface area is 245 Å². The predicted octanol–water partition coefficient (Wildman–Crippen LogP) is 0.0922. The number of aliphatic hydroxyl groups is 3. The number of benzene rings is 2. The van der Waals surface area contributed by atoms with Gasteiger partial charge in [0.25, 0.3) is 5.97 Å². The number of fused-ring (bicyclic) bond motifs is 3. The van der Waals surface area contributed by atoms with Crippen LogP contribution in [0.1, 0.15) is 75.8 Å². The molecule has 43 heavy (non-hydrogen) atoms. The first kappa shape index (κ1) is 32.0. The summed E-state index contributed by atoms with van der Waals surface area (Å²) in [5.74, 6) is -4.61. The molecule has 0 radical (unpaired) electrons. The van der Waals surface area contributed by atoms with E-state index in [2.05, 4.69) is 0 Å². The van der Waals surface area contributed by atoms with Crippen molar-refractivity contribution in [1.82, 2.24) is 0 Å². The highest BCUT2D eigenvalue weighted by Gasteiger charge is 2.50. The van der Waals surface area contributed by atoms with Gasteiger partial charge in [-0.3, -0.25) is 19.2 Å². The standard InChI is InChI=1S/C27H29NO11.C2H4O2/c1-10-22(31)13(28)6-17(38-10)39-15-8-27(36,16(30)9-29)7-12-19(15)26(35)21-20(24(12)33)23(32)11-4-3-5-14(37-2)18(11)25(21)34;1-2(3)4/h3-5,10,13,15,17,22,29,31,33,35-36H,6-9,28H2,1-2H3;1H3,(H,3,4)/t10-,13-,15-,17-,22+,27-;/m0./s1. The molecule has 2 aromatic rings. The highest BCUT2D eigenvalue weighted by Crippen LogP contribution is 2.52. The summed E-state index contributed by atoms with van der Waals surface area (Å²) >= 11 is 0. The van der Waals surface area contributed by atoms with Crippen LogP contribution in [0.2, 0.25) is 0 Å². The van der Waals surface area contributed by atoms with Crippen LogP contribution in [0.5, 0.6) is 17.2 Å². The maximum Gasteiger partial charge on any atom is 0.300 e. The summed E-state index contributed by atoms with van der Waals surface area (Å²) in [6, 6.07) is 3.64. The summed E-state index contributed by atoms with van der Waals surface area (Å²) < 4.78 is 17.0. The van der Waals surface area contributed by atoms with Crippen molar-refractivity contribution in [2.24, 2.45) is 5.73 Å². The molecule has 1 saturated heterocycles. The van der Waals surface area contributed by atoms with Crippen molar-refractivity contribution in [3.63, 3.8) is 0 Å². The number of carbonyl (C=O) groups excluding carboxylic acids is 3. The number of hydrogen-bond acceptors (Lipinski definition) is 13. The lowest BCUT2D eigenvalue weighted by Crippen LogP contribution is -2.53. The van der Waals surface area contributed by atoms with Crippen molar-refractivity contribution in [2.45, 2.75) is 69.4 Å². The highest BCUT2D eigenvalue weighted by atomic mass is 16.7. The molecular weight excluding hydrogens is 570 g/mol. The van der Waals surface area contributed by atoms with Gasteiger partial charge in [-0.05, 0) is 13.0 Å². The number of hydrogen-bond donors (Lipinski definition) is 7. The quantitative estimate of drug-likeness (QED) is 0.191. The van der Waals surface area contributed by atoms with Crippen LogP contribution in [0.15, 0.2) is 18.2 Å². The minimum absolute atomic E-state index is 0.0173. The Morgan fingerprint density at radius 1 is 1.12 bits per heavy atom. The van der Waals surface area contributed by atoms with Gasteiger partial charge in [-0.15, -0.1) is 0 Å². The van der Waals surface area contributed by atoms with Crippen LogP contribution in [-0.2, 0) is 25.5 Å². The fourth-order valence-corrected chi connectivity index (χ4v) is 5.75. The van der Waals surface area contributed by atoms with Crippen molar-refractivity contribution in [2.75, 3.05) is 13.7 Å². The molecule has 2 aliphatic carbocycles. The smallest absolute Gasteiger partial charge is 0.300 e. The topological polar surface area (TPSA) is 243 Å². The molecule has 0 saturated carbocycles. The van der Waals surface area contributed by atoms with Crippen LogP contribution in [0.4, 0.5) is 0 Å². The first-order valence-corrected chi connectivity index (χ1v) is 13.3. The van der Waals surface area contributed by atoms with Gasteiger partial charge >= 0.3 is 0 Å². The van der Waals surface area contributed by atoms with Gasteiger partial charge in [-0.2, -0.15) is 0 Å². The molecule has 1 heterocycles. The number of ether oxygens (including phenoxy) is 3. The van der Waals surface area contributed by atoms with E-state index >= 15 is 0 Å². The molecule has 14 nitrogen and oxygen atoms in total. The molecule has 232 valence electrons. The molecule has 0 bridgehead atoms. The third kappa shape index (κ3) is 5.60. The first-order valence-electron chi connectivity index (χ1n) is 13.3. The molecule has 0 amide bonds. The molecule has 1 fully saturated rings. The van der Waals surface area contributed by atoms with Gasteiger partial charge in [0, 0.05) is 48.9 Å². The average molecular weight is 604 g/mol. The molecule has 2 aromatic carbocycles. The van der Waals surface area contributed by atoms with E-state index in [1.54, 1.807) is 6.92 Å². The van der Waals surface area contributed by atoms with Crippen LogP contribution < -0.4 is 10.5 Å². The largest absolute Gasteiger partial charge is 0.507 e. The Hall–Kier alpha value is -3.92. The van der Waals surface area contributed by atoms with E-state index in [1.807, 2.05) is 0 Å². The molecule has 1 aliphatic heterocycles. The number of nitrogens with two attached hydrogens (primary N) is 1. The molecule has 0 spiro atoms. The summed E-state index contributed by atoms with van der Waals surface area (Å²) in [5.41, 5.74) is 2.37. The van der Waals surface area contributed by atoms with E-state index < -0.39 is 102 Å². The maximum absolute atomic E-state index is 13.6. The zero-order chi connectivity index (χ0) is 32.0. The van der Waals surface area contributed by atoms with Crippen molar-refractivity contribution in [3.8, 4) is 17.2 Å². The Morgan fingerprint density at radius 2 is 1.74 bits per heavy atom. The SMILES string of the molecule is CC(=O)O.COc1cccc2c1C(=O)c1c(O)c3c(c(O)c1C2=O)C[C@@](O)(C(=O)CO)C[C@@H]3O[C@H]1C[C@H](N)[C@H](O)[C@H](C)O1. The molecule has 0 unspecified atom stereocenters. The Balaban J connectivity index is 0.000000996. The number of phenolic OH excluding ortho intramolecular Hbond substituents is 2. The Bertz CT molecular complexity index is 1470. The number of aliphatic carboxylic acids is 1. The van der Waals surface area contributed by atoms with E-state index in [4.69, 9.17) is 29.8 Å². The highest BCUT2D eigenvalue weighted by molar-refractivity contribution is 6.31. The fourth-order valence-electron chi connectivity index (χ4n) is 5.75. The summed E-state index contributed by atoms with van der Waals surface area (Å²) in [6.45, 7) is 1.64. The van der Waals surface area contributed by atoms with E-state index in [-0.39, 0.29) is 34.4 Å². The van der Waals surface area contributed by atoms with Gasteiger partial charge < -0.3 is 50.6 Å². The lowest BCUT2D eigenvalue weighted by atomic mass is 9.72. The lowest BCUT2D eigenvalue weighted by molar-refractivity contribution is -0.247. The number of carboxylic acid groups (broad SMARTS) is 1. The van der Waals surface area contributed by atoms with Gasteiger partial charge in [-0.1, -0.05) is 12.1 Å². The monoisotopic (exact) mass is 603 g/mol. The molecular formula is C29H33NO13. The van der Waals surface area contributed by atoms with E-state index in [0.717, 1.165) is 6.92 Å². The average Bonchev–Trinajstić information content (AvgIpc) is 2.94. The zero-order valence-electron chi connectivity index (χ0n) is 23.6. The molecule has 6 atom stereocenters. The number of methoxy groups -OCH3 is 1. The number of aromatic hydroxyl groups is 2. The van der Waals surface area contributed by atoms with E-state index in [0.29, 0.717) is 0 Å². The normalized spacial score (nSPS) is 27.7. The number of rotatable bonds is 5. The van der Waals surface area contributed by atoms with Crippen LogP contribution in [0.3, 0.4) is 0 Å². The van der Waals surface area contributed by atoms with Crippen LogP contribution in [0, 0.1) is 0 Å². The third-order valence-electron chi connectivity index (χ3n) is 7.81. The van der Waals surface area contributed by atoms with Crippen LogP contribution in [-0.4, -0.2) is 97.8 Å². The number of carboxylic acids is 1. The summed E-state index contributed by atoms with van der Waals surface area (Å²) in [7, 11) is 1.32. The van der Waals surface area contributed by atoms with E-state index in [9.17, 15) is 39.9 Å². The zero-order valence-corrected chi connectivity index (χ0v) is 23.6. The first-order chi connectivity index (χ1) is 20.2. The lowest BCUT2D eigenvalue weighted by Gasteiger charge is -2.42. The summed E-state index contributed by atoms with van der Waals surface area (Å²) in [6.07, 6.45) is -5.12. The van der Waals surface area contributed by atoms with Crippen molar-refractivity contribution >= 4 is 23.3 Å². The second kappa shape index (κ2) is 12.0. The Morgan fingerprint density at radius 3 is 2.33 bits per heavy atom. The molecule has 8 N–H and O–H groups in total. The van der Waals surface area contributed by atoms with Gasteiger partial charge in [0.2, 0.25) is 5.78 Å². The second-order valence-corrected chi connectivity index (χ2v) is 10.7. The summed E-state index contributed by atoms with van der Waals surface area (Å²) in [5, 5.41) is 61.1. The van der Waals surface area contributed by atoms with Crippen molar-refractivity contribution in [3.05, 3.63) is 51.6 Å². The second-order valence-electron chi connectivity index (χ2n) is 10.7. The number of aliphatic hydroxyl groups excluding tert-OH is 2. The number of carbonyl (C=O) groups is 4. The molecule has 0 aromatic heterocycles. The Kier molecular flexibility index (Phi) is 8.92. The van der Waals surface area contributed by atoms with E-state index in [1.165, 1.54) is 25.3 Å². The number of ketones is 3. The van der Waals surface area contributed by atoms with Gasteiger partial charge in [0.05, 0.1) is 42.1 Å². The van der Waals surface area contributed by atoms with Crippen LogP contribution >= 0.6 is 0 Å². The van der Waals surface area contributed by atoms with Crippen molar-refractivity contribution in [1.29, 1.82) is 0 Å². The minimum atomic E-state index is -2.24. The number of phenols is 2. The van der Waals surface area contributed by atoms with Gasteiger partial charge in [0.1, 0.15) is 29.5 Å². The fraction of sp³-hybridized carbons (Fsp3) is 0.448. The van der Waals surface area contributed by atoms with Crippen LogP contribution in [0.25, 0.3) is 0 Å². The third-order valence-corrected chi connectivity index (χ3v) is 7.81.